The van der Waals surface area contributed by atoms with Gasteiger partial charge in [0.05, 0.1) is 13.2 Å². The van der Waals surface area contributed by atoms with Gasteiger partial charge >= 0.3 is 0 Å². The van der Waals surface area contributed by atoms with Gasteiger partial charge in [0.2, 0.25) is 5.91 Å². The minimum atomic E-state index is -3.45. The van der Waals surface area contributed by atoms with E-state index < -0.39 is 10.2 Å². The number of ether oxygens (including phenoxy) is 1. The van der Waals surface area contributed by atoms with E-state index in [2.05, 4.69) is 10.2 Å². The van der Waals surface area contributed by atoms with E-state index in [1.807, 2.05) is 31.2 Å². The molecule has 1 amide bonds. The van der Waals surface area contributed by atoms with Crippen molar-refractivity contribution >= 4 is 16.1 Å². The first-order valence-electron chi connectivity index (χ1n) is 11.7. The standard InChI is InChI=1S/C23H38N4O4S/c1-19(23(28)24-14-13-20-9-11-22(31-3)12-10-20)26-15-17-27(18-16-26)32(29,30)25(2)21-7-5-4-6-8-21/h9-12,19,21H,4-8,13-18H2,1-3H3,(H,24,28). The van der Waals surface area contributed by atoms with Crippen LogP contribution in [0, 0.1) is 0 Å². The molecule has 32 heavy (non-hydrogen) atoms. The SMILES string of the molecule is COc1ccc(CCNC(=O)C(C)N2CCN(S(=O)(=O)N(C)C3CCCCC3)CC2)cc1. The van der Waals surface area contributed by atoms with Gasteiger partial charge in [0, 0.05) is 45.8 Å². The van der Waals surface area contributed by atoms with Gasteiger partial charge in [-0.1, -0.05) is 31.4 Å². The van der Waals surface area contributed by atoms with Crippen molar-refractivity contribution in [3.63, 3.8) is 0 Å². The number of rotatable bonds is 9. The van der Waals surface area contributed by atoms with E-state index in [0.717, 1.165) is 43.4 Å². The fourth-order valence-corrected chi connectivity index (χ4v) is 6.15. The van der Waals surface area contributed by atoms with Crippen molar-refractivity contribution in [3.05, 3.63) is 29.8 Å². The average molecular weight is 467 g/mol. The molecule has 180 valence electrons. The Balaban J connectivity index is 1.43. The lowest BCUT2D eigenvalue weighted by Crippen LogP contribution is -2.57. The average Bonchev–Trinajstić information content (AvgIpc) is 2.84. The summed E-state index contributed by atoms with van der Waals surface area (Å²) in [6.45, 7) is 4.42. The smallest absolute Gasteiger partial charge is 0.282 e. The maximum absolute atomic E-state index is 13.1. The molecular formula is C23H38N4O4S. The largest absolute Gasteiger partial charge is 0.497 e. The van der Waals surface area contributed by atoms with Crippen molar-refractivity contribution in [2.45, 2.75) is 57.5 Å². The number of hydrogen-bond acceptors (Lipinski definition) is 5. The fourth-order valence-electron chi connectivity index (χ4n) is 4.57. The Labute approximate surface area is 193 Å². The van der Waals surface area contributed by atoms with E-state index in [9.17, 15) is 13.2 Å². The Hall–Kier alpha value is -1.68. The lowest BCUT2D eigenvalue weighted by molar-refractivity contribution is -0.126. The van der Waals surface area contributed by atoms with Crippen molar-refractivity contribution < 1.29 is 17.9 Å². The number of methoxy groups -OCH3 is 1. The van der Waals surface area contributed by atoms with Gasteiger partial charge in [-0.3, -0.25) is 9.69 Å². The highest BCUT2D eigenvalue weighted by atomic mass is 32.2. The molecule has 1 saturated heterocycles. The van der Waals surface area contributed by atoms with Crippen LogP contribution in [0.25, 0.3) is 0 Å². The summed E-state index contributed by atoms with van der Waals surface area (Å²) in [5, 5.41) is 3.01. The molecule has 0 aromatic heterocycles. The predicted molar refractivity (Wildman–Crippen MR) is 126 cm³/mol. The molecule has 8 nitrogen and oxygen atoms in total. The van der Waals surface area contributed by atoms with Crippen LogP contribution in [0.15, 0.2) is 24.3 Å². The zero-order valence-corrected chi connectivity index (χ0v) is 20.4. The summed E-state index contributed by atoms with van der Waals surface area (Å²) >= 11 is 0. The normalized spacial score (nSPS) is 20.2. The van der Waals surface area contributed by atoms with Crippen LogP contribution in [0.4, 0.5) is 0 Å². The van der Waals surface area contributed by atoms with E-state index in [1.165, 1.54) is 6.42 Å². The van der Waals surface area contributed by atoms with E-state index >= 15 is 0 Å². The monoisotopic (exact) mass is 466 g/mol. The van der Waals surface area contributed by atoms with Gasteiger partial charge in [-0.05, 0) is 43.9 Å². The second-order valence-electron chi connectivity index (χ2n) is 8.82. The molecule has 1 aliphatic heterocycles. The zero-order valence-electron chi connectivity index (χ0n) is 19.6. The van der Waals surface area contributed by atoms with Gasteiger partial charge in [-0.25, -0.2) is 0 Å². The lowest BCUT2D eigenvalue weighted by Gasteiger charge is -2.40. The number of amides is 1. The molecule has 1 aliphatic carbocycles. The van der Waals surface area contributed by atoms with Crippen LogP contribution in [-0.4, -0.2) is 86.8 Å². The Morgan fingerprint density at radius 3 is 2.34 bits per heavy atom. The molecule has 3 rings (SSSR count). The summed E-state index contributed by atoms with van der Waals surface area (Å²) in [5.41, 5.74) is 1.14. The molecule has 1 atom stereocenters. The van der Waals surface area contributed by atoms with Crippen LogP contribution in [0.5, 0.6) is 5.75 Å². The molecule has 1 N–H and O–H groups in total. The van der Waals surface area contributed by atoms with E-state index in [-0.39, 0.29) is 18.0 Å². The number of piperazine rings is 1. The van der Waals surface area contributed by atoms with Gasteiger partial charge in [0.1, 0.15) is 5.75 Å². The molecule has 1 unspecified atom stereocenters. The number of benzene rings is 1. The predicted octanol–water partition coefficient (Wildman–Crippen LogP) is 1.87. The zero-order chi connectivity index (χ0) is 23.1. The minimum Gasteiger partial charge on any atom is -0.497 e. The molecule has 1 aromatic rings. The Morgan fingerprint density at radius 2 is 1.75 bits per heavy atom. The molecule has 2 fully saturated rings. The molecule has 2 aliphatic rings. The third kappa shape index (κ3) is 6.21. The van der Waals surface area contributed by atoms with Crippen LogP contribution in [0.1, 0.15) is 44.6 Å². The van der Waals surface area contributed by atoms with E-state index in [1.54, 1.807) is 22.8 Å². The molecule has 0 bridgehead atoms. The maximum atomic E-state index is 13.1. The van der Waals surface area contributed by atoms with Crippen LogP contribution < -0.4 is 10.1 Å². The lowest BCUT2D eigenvalue weighted by atomic mass is 9.96. The first-order valence-corrected chi connectivity index (χ1v) is 13.1. The number of nitrogens with zero attached hydrogens (tertiary/aromatic N) is 3. The van der Waals surface area contributed by atoms with Gasteiger partial charge in [0.15, 0.2) is 0 Å². The maximum Gasteiger partial charge on any atom is 0.282 e. The van der Waals surface area contributed by atoms with E-state index in [0.29, 0.717) is 32.7 Å². The topological polar surface area (TPSA) is 82.2 Å². The third-order valence-electron chi connectivity index (χ3n) is 6.85. The number of carbonyl (C=O) groups is 1. The minimum absolute atomic E-state index is 0.0193. The van der Waals surface area contributed by atoms with Crippen molar-refractivity contribution in [1.29, 1.82) is 0 Å². The van der Waals surface area contributed by atoms with Crippen molar-refractivity contribution in [2.75, 3.05) is 46.9 Å². The summed E-state index contributed by atoms with van der Waals surface area (Å²) in [6.07, 6.45) is 6.05. The Bertz CT molecular complexity index is 832. The van der Waals surface area contributed by atoms with Crippen molar-refractivity contribution in [3.8, 4) is 5.75 Å². The quantitative estimate of drug-likeness (QED) is 0.601. The van der Waals surface area contributed by atoms with Crippen LogP contribution in [0.2, 0.25) is 0 Å². The highest BCUT2D eigenvalue weighted by molar-refractivity contribution is 7.86. The molecule has 9 heteroatoms. The van der Waals surface area contributed by atoms with E-state index in [4.69, 9.17) is 4.74 Å². The first kappa shape index (κ1) is 25.0. The second-order valence-corrected chi connectivity index (χ2v) is 10.8. The van der Waals surface area contributed by atoms with Crippen LogP contribution in [-0.2, 0) is 21.4 Å². The molecule has 0 radical (unpaired) electrons. The number of nitrogens with one attached hydrogen (secondary N) is 1. The summed E-state index contributed by atoms with van der Waals surface area (Å²) < 4.78 is 34.4. The van der Waals surface area contributed by atoms with Crippen molar-refractivity contribution in [1.82, 2.24) is 18.8 Å². The summed E-state index contributed by atoms with van der Waals surface area (Å²) in [7, 11) is -0.0918. The second kappa shape index (κ2) is 11.4. The highest BCUT2D eigenvalue weighted by Gasteiger charge is 2.36. The van der Waals surface area contributed by atoms with Crippen molar-refractivity contribution in [2.24, 2.45) is 0 Å². The third-order valence-corrected chi connectivity index (χ3v) is 8.90. The fraction of sp³-hybridized carbons (Fsp3) is 0.696. The van der Waals surface area contributed by atoms with Crippen LogP contribution >= 0.6 is 0 Å². The Kier molecular flexibility index (Phi) is 8.93. The van der Waals surface area contributed by atoms with Gasteiger partial charge in [-0.15, -0.1) is 0 Å². The number of carbonyl (C=O) groups excluding carboxylic acids is 1. The van der Waals surface area contributed by atoms with Gasteiger partial charge < -0.3 is 10.1 Å². The Morgan fingerprint density at radius 1 is 1.12 bits per heavy atom. The molecule has 1 saturated carbocycles. The summed E-state index contributed by atoms with van der Waals surface area (Å²) in [5.74, 6) is 0.798. The molecule has 1 aromatic carbocycles. The molecule has 1 heterocycles. The highest BCUT2D eigenvalue weighted by Crippen LogP contribution is 2.25. The first-order chi connectivity index (χ1) is 15.3. The summed E-state index contributed by atoms with van der Waals surface area (Å²) in [4.78, 5) is 14.7. The molecule has 0 spiro atoms. The summed E-state index contributed by atoms with van der Waals surface area (Å²) in [6, 6.07) is 7.66. The van der Waals surface area contributed by atoms with Gasteiger partial charge in [-0.2, -0.15) is 17.0 Å². The molecular weight excluding hydrogens is 428 g/mol. The van der Waals surface area contributed by atoms with Gasteiger partial charge in [0.25, 0.3) is 10.2 Å². The van der Waals surface area contributed by atoms with Crippen LogP contribution in [0.3, 0.4) is 0 Å². The number of hydrogen-bond donors (Lipinski definition) is 1.